The van der Waals surface area contributed by atoms with E-state index in [1.165, 1.54) is 0 Å². The van der Waals surface area contributed by atoms with Crippen LogP contribution in [0.5, 0.6) is 0 Å². The summed E-state index contributed by atoms with van der Waals surface area (Å²) in [4.78, 5) is 44.3. The molecule has 3 rings (SSSR count). The highest BCUT2D eigenvalue weighted by molar-refractivity contribution is 5.98. The number of ether oxygens (including phenoxy) is 2. The summed E-state index contributed by atoms with van der Waals surface area (Å²) < 4.78 is 11.9. The molecule has 3 aliphatic rings. The zero-order chi connectivity index (χ0) is 25.4. The number of aliphatic hydroxyl groups is 1. The van der Waals surface area contributed by atoms with Crippen LogP contribution < -0.4 is 0 Å². The van der Waals surface area contributed by atoms with Crippen LogP contribution in [-0.2, 0) is 23.9 Å². The molecule has 0 aromatic heterocycles. The largest absolute Gasteiger partial charge is 0.465 e. The summed E-state index contributed by atoms with van der Waals surface area (Å²) in [5, 5.41) is 9.07. The smallest absolute Gasteiger partial charge is 0.312 e. The third kappa shape index (κ3) is 5.48. The van der Waals surface area contributed by atoms with Crippen molar-refractivity contribution in [1.29, 1.82) is 0 Å². The lowest BCUT2D eigenvalue weighted by molar-refractivity contribution is -0.155. The first-order chi connectivity index (χ1) is 17.0. The fraction of sp³-hybridized carbons (Fsp3) is 0.741. The average Bonchev–Trinajstić information content (AvgIpc) is 3.49. The molecular formula is C27H42N2O6. The molecule has 8 nitrogen and oxygen atoms in total. The SMILES string of the molecule is C=CCCOC(=O)[C@@H]1[C@@H]2CCC3(O2)C(C(=O)N(CC=C)CCCC)N(CCCCCCO)C(=O)[C@H]13. The molecule has 3 heterocycles. The van der Waals surface area contributed by atoms with E-state index in [4.69, 9.17) is 14.6 Å². The number of carbonyl (C=O) groups excluding carboxylic acids is 3. The lowest BCUT2D eigenvalue weighted by Gasteiger charge is -2.36. The highest BCUT2D eigenvalue weighted by atomic mass is 16.6. The summed E-state index contributed by atoms with van der Waals surface area (Å²) in [6.45, 7) is 11.4. The topological polar surface area (TPSA) is 96.4 Å². The molecule has 0 saturated carbocycles. The van der Waals surface area contributed by atoms with Gasteiger partial charge in [0.05, 0.1) is 24.5 Å². The van der Waals surface area contributed by atoms with Crippen molar-refractivity contribution in [2.45, 2.75) is 82.5 Å². The Morgan fingerprint density at radius 1 is 1.23 bits per heavy atom. The minimum absolute atomic E-state index is 0.120. The lowest BCUT2D eigenvalue weighted by Crippen LogP contribution is -2.56. The van der Waals surface area contributed by atoms with Crippen LogP contribution in [-0.4, -0.2) is 83.3 Å². The highest BCUT2D eigenvalue weighted by Gasteiger charge is 2.74. The van der Waals surface area contributed by atoms with Crippen LogP contribution in [0.1, 0.15) is 64.7 Å². The molecule has 3 saturated heterocycles. The number of fused-ring (bicyclic) bond motifs is 1. The Bertz CT molecular complexity index is 786. The quantitative estimate of drug-likeness (QED) is 0.203. The van der Waals surface area contributed by atoms with Crippen LogP contribution in [0.15, 0.2) is 25.3 Å². The number of hydrogen-bond acceptors (Lipinski definition) is 6. The normalized spacial score (nSPS) is 28.7. The molecule has 0 radical (unpaired) electrons. The Balaban J connectivity index is 1.88. The number of carbonyl (C=O) groups is 3. The zero-order valence-corrected chi connectivity index (χ0v) is 21.2. The van der Waals surface area contributed by atoms with E-state index in [2.05, 4.69) is 20.1 Å². The maximum atomic E-state index is 14.0. The summed E-state index contributed by atoms with van der Waals surface area (Å²) in [7, 11) is 0. The number of rotatable bonds is 16. The van der Waals surface area contributed by atoms with Crippen molar-refractivity contribution in [3.63, 3.8) is 0 Å². The standard InChI is InChI=1S/C27H42N2O6/c1-4-7-16-28(15-6-3)25(32)23-27-14-13-20(35-27)21(26(33)34-19-8-5-2)22(27)24(31)29(23)17-11-9-10-12-18-30/h5-6,20-23,30H,2-4,7-19H2,1H3/t20-,21+,22-,23?,27?/m0/s1. The molecule has 1 spiro atoms. The van der Waals surface area contributed by atoms with Crippen LogP contribution in [0, 0.1) is 11.8 Å². The fourth-order valence-corrected chi connectivity index (χ4v) is 6.00. The zero-order valence-electron chi connectivity index (χ0n) is 21.2. The fourth-order valence-electron chi connectivity index (χ4n) is 6.00. The molecule has 0 aromatic carbocycles. The molecule has 3 fully saturated rings. The molecule has 2 amide bonds. The van der Waals surface area contributed by atoms with Crippen LogP contribution in [0.4, 0.5) is 0 Å². The minimum Gasteiger partial charge on any atom is -0.465 e. The highest BCUT2D eigenvalue weighted by Crippen LogP contribution is 2.58. The number of likely N-dealkylation sites (tertiary alicyclic amines) is 1. The van der Waals surface area contributed by atoms with E-state index >= 15 is 0 Å². The molecule has 8 heteroatoms. The second-order valence-corrected chi connectivity index (χ2v) is 9.90. The summed E-state index contributed by atoms with van der Waals surface area (Å²) in [5.74, 6) is -2.08. The molecule has 1 N–H and O–H groups in total. The minimum atomic E-state index is -0.988. The van der Waals surface area contributed by atoms with Crippen molar-refractivity contribution in [2.75, 3.05) is 32.8 Å². The predicted molar refractivity (Wildman–Crippen MR) is 132 cm³/mol. The second kappa shape index (κ2) is 12.7. The van der Waals surface area contributed by atoms with Gasteiger partial charge in [0.1, 0.15) is 11.6 Å². The number of nitrogens with zero attached hydrogens (tertiary/aromatic N) is 2. The molecular weight excluding hydrogens is 448 g/mol. The van der Waals surface area contributed by atoms with E-state index in [-0.39, 0.29) is 25.0 Å². The Morgan fingerprint density at radius 2 is 2.00 bits per heavy atom. The summed E-state index contributed by atoms with van der Waals surface area (Å²) in [6.07, 6.45) is 9.73. The number of aliphatic hydroxyl groups excluding tert-OH is 1. The summed E-state index contributed by atoms with van der Waals surface area (Å²) in [6, 6.07) is -0.745. The number of hydrogen-bond donors (Lipinski definition) is 1. The third-order valence-electron chi connectivity index (χ3n) is 7.62. The van der Waals surface area contributed by atoms with Crippen molar-refractivity contribution >= 4 is 17.8 Å². The number of amides is 2. The summed E-state index contributed by atoms with van der Waals surface area (Å²) in [5.41, 5.74) is -0.988. The van der Waals surface area contributed by atoms with Gasteiger partial charge in [0, 0.05) is 26.2 Å². The molecule has 0 aromatic rings. The van der Waals surface area contributed by atoms with Crippen molar-refractivity contribution in [1.82, 2.24) is 9.80 Å². The summed E-state index contributed by atoms with van der Waals surface area (Å²) >= 11 is 0. The van der Waals surface area contributed by atoms with Crippen LogP contribution in [0.3, 0.4) is 0 Å². The lowest BCUT2D eigenvalue weighted by atomic mass is 9.70. The Hall–Kier alpha value is -2.19. The van der Waals surface area contributed by atoms with Gasteiger partial charge in [-0.05, 0) is 38.5 Å². The predicted octanol–water partition coefficient (Wildman–Crippen LogP) is 2.85. The average molecular weight is 491 g/mol. The first-order valence-corrected chi connectivity index (χ1v) is 13.2. The van der Waals surface area contributed by atoms with Crippen LogP contribution in [0.25, 0.3) is 0 Å². The number of esters is 1. The molecule has 196 valence electrons. The van der Waals surface area contributed by atoms with Crippen molar-refractivity contribution in [3.8, 4) is 0 Å². The molecule has 0 aliphatic carbocycles. The van der Waals surface area contributed by atoms with Gasteiger partial charge in [0.15, 0.2) is 0 Å². The first-order valence-electron chi connectivity index (χ1n) is 13.2. The Morgan fingerprint density at radius 3 is 2.69 bits per heavy atom. The maximum Gasteiger partial charge on any atom is 0.312 e. The van der Waals surface area contributed by atoms with Crippen LogP contribution >= 0.6 is 0 Å². The van der Waals surface area contributed by atoms with E-state index in [0.717, 1.165) is 38.5 Å². The van der Waals surface area contributed by atoms with Crippen LogP contribution in [0.2, 0.25) is 0 Å². The molecule has 2 bridgehead atoms. The van der Waals surface area contributed by atoms with Gasteiger partial charge in [-0.25, -0.2) is 0 Å². The van der Waals surface area contributed by atoms with Crippen molar-refractivity contribution in [3.05, 3.63) is 25.3 Å². The van der Waals surface area contributed by atoms with Crippen molar-refractivity contribution < 1.29 is 29.0 Å². The van der Waals surface area contributed by atoms with Gasteiger partial charge in [0.2, 0.25) is 11.8 Å². The first kappa shape index (κ1) is 27.4. The monoisotopic (exact) mass is 490 g/mol. The molecule has 5 atom stereocenters. The van der Waals surface area contributed by atoms with Gasteiger partial charge in [-0.2, -0.15) is 0 Å². The Labute approximate surface area is 209 Å². The van der Waals surface area contributed by atoms with Crippen molar-refractivity contribution in [2.24, 2.45) is 11.8 Å². The maximum absolute atomic E-state index is 14.0. The van der Waals surface area contributed by atoms with Gasteiger partial charge < -0.3 is 24.4 Å². The van der Waals surface area contributed by atoms with E-state index in [0.29, 0.717) is 38.9 Å². The molecule has 2 unspecified atom stereocenters. The molecule has 35 heavy (non-hydrogen) atoms. The van der Waals surface area contributed by atoms with Gasteiger partial charge in [-0.3, -0.25) is 14.4 Å². The number of unbranched alkanes of at least 4 members (excludes halogenated alkanes) is 4. The van der Waals surface area contributed by atoms with E-state index in [1.54, 1.807) is 22.0 Å². The second-order valence-electron chi connectivity index (χ2n) is 9.90. The van der Waals surface area contributed by atoms with E-state index in [1.807, 2.05) is 0 Å². The van der Waals surface area contributed by atoms with E-state index < -0.39 is 35.6 Å². The molecule has 3 aliphatic heterocycles. The van der Waals surface area contributed by atoms with Gasteiger partial charge in [0.25, 0.3) is 0 Å². The third-order valence-corrected chi connectivity index (χ3v) is 7.62. The van der Waals surface area contributed by atoms with E-state index in [9.17, 15) is 14.4 Å². The Kier molecular flexibility index (Phi) is 9.92. The van der Waals surface area contributed by atoms with Gasteiger partial charge in [-0.15, -0.1) is 13.2 Å². The van der Waals surface area contributed by atoms with Gasteiger partial charge >= 0.3 is 5.97 Å². The van der Waals surface area contributed by atoms with Gasteiger partial charge in [-0.1, -0.05) is 38.3 Å².